The summed E-state index contributed by atoms with van der Waals surface area (Å²) < 4.78 is 0. The maximum absolute atomic E-state index is 6.80. The van der Waals surface area contributed by atoms with E-state index in [9.17, 15) is 0 Å². The van der Waals surface area contributed by atoms with Crippen LogP contribution >= 0.6 is 0 Å². The molecule has 1 heterocycles. The zero-order valence-corrected chi connectivity index (χ0v) is 12.8. The molecule has 2 N–H and O–H groups in total. The molecule has 0 bridgehead atoms. The second-order valence-corrected chi connectivity index (χ2v) is 6.35. The summed E-state index contributed by atoms with van der Waals surface area (Å²) in [6.45, 7) is 9.45. The maximum atomic E-state index is 6.80. The van der Waals surface area contributed by atoms with E-state index in [0.29, 0.717) is 0 Å². The SMILES string of the molecule is C=C(C)CC(N)(CN1CCCCCC1)c1ccccc1. The fourth-order valence-electron chi connectivity index (χ4n) is 3.25. The largest absolute Gasteiger partial charge is 0.320 e. The number of hydrogen-bond donors (Lipinski definition) is 1. The van der Waals surface area contributed by atoms with Crippen molar-refractivity contribution < 1.29 is 0 Å². The molecule has 0 aromatic heterocycles. The average molecular weight is 272 g/mol. The monoisotopic (exact) mass is 272 g/mol. The van der Waals surface area contributed by atoms with Crippen molar-refractivity contribution in [3.8, 4) is 0 Å². The third-order valence-electron chi connectivity index (χ3n) is 4.17. The van der Waals surface area contributed by atoms with Gasteiger partial charge in [-0.05, 0) is 44.8 Å². The van der Waals surface area contributed by atoms with Gasteiger partial charge in [-0.3, -0.25) is 0 Å². The highest BCUT2D eigenvalue weighted by Crippen LogP contribution is 2.27. The molecule has 1 aromatic carbocycles. The van der Waals surface area contributed by atoms with E-state index in [1.54, 1.807) is 0 Å². The number of benzene rings is 1. The van der Waals surface area contributed by atoms with Gasteiger partial charge in [-0.25, -0.2) is 0 Å². The molecule has 20 heavy (non-hydrogen) atoms. The van der Waals surface area contributed by atoms with Crippen LogP contribution in [0.5, 0.6) is 0 Å². The lowest BCUT2D eigenvalue weighted by molar-refractivity contribution is 0.212. The lowest BCUT2D eigenvalue weighted by Crippen LogP contribution is -2.48. The molecule has 1 saturated heterocycles. The zero-order chi connectivity index (χ0) is 14.4. The van der Waals surface area contributed by atoms with Crippen LogP contribution in [0.3, 0.4) is 0 Å². The Balaban J connectivity index is 2.16. The molecule has 110 valence electrons. The van der Waals surface area contributed by atoms with Crippen LogP contribution in [0.25, 0.3) is 0 Å². The highest BCUT2D eigenvalue weighted by molar-refractivity contribution is 5.26. The van der Waals surface area contributed by atoms with Gasteiger partial charge in [-0.15, -0.1) is 6.58 Å². The molecule has 2 nitrogen and oxygen atoms in total. The summed E-state index contributed by atoms with van der Waals surface area (Å²) in [5.41, 5.74) is 8.88. The Hall–Kier alpha value is -1.12. The van der Waals surface area contributed by atoms with Crippen molar-refractivity contribution in [3.63, 3.8) is 0 Å². The first-order chi connectivity index (χ1) is 9.60. The minimum Gasteiger partial charge on any atom is -0.320 e. The molecule has 2 heteroatoms. The molecule has 0 saturated carbocycles. The first kappa shape index (κ1) is 15.3. The van der Waals surface area contributed by atoms with Gasteiger partial charge in [0.15, 0.2) is 0 Å². The lowest BCUT2D eigenvalue weighted by Gasteiger charge is -2.36. The van der Waals surface area contributed by atoms with Gasteiger partial charge in [0.05, 0.1) is 5.54 Å². The summed E-state index contributed by atoms with van der Waals surface area (Å²) in [4.78, 5) is 2.54. The van der Waals surface area contributed by atoms with E-state index in [4.69, 9.17) is 5.73 Å². The van der Waals surface area contributed by atoms with Gasteiger partial charge < -0.3 is 10.6 Å². The number of hydrogen-bond acceptors (Lipinski definition) is 2. The smallest absolute Gasteiger partial charge is 0.0575 e. The van der Waals surface area contributed by atoms with Crippen molar-refractivity contribution in [3.05, 3.63) is 48.0 Å². The van der Waals surface area contributed by atoms with Crippen molar-refractivity contribution in [2.75, 3.05) is 19.6 Å². The first-order valence-electron chi connectivity index (χ1n) is 7.81. The summed E-state index contributed by atoms with van der Waals surface area (Å²) in [6, 6.07) is 10.5. The van der Waals surface area contributed by atoms with Gasteiger partial charge in [0.2, 0.25) is 0 Å². The second kappa shape index (κ2) is 7.05. The molecule has 2 rings (SSSR count). The van der Waals surface area contributed by atoms with Crippen LogP contribution in [0, 0.1) is 0 Å². The van der Waals surface area contributed by atoms with Crippen molar-refractivity contribution >= 4 is 0 Å². The summed E-state index contributed by atoms with van der Waals surface area (Å²) in [5, 5.41) is 0. The van der Waals surface area contributed by atoms with Crippen LogP contribution in [0.4, 0.5) is 0 Å². The Bertz CT molecular complexity index is 418. The van der Waals surface area contributed by atoms with Gasteiger partial charge in [0.1, 0.15) is 0 Å². The third-order valence-corrected chi connectivity index (χ3v) is 4.17. The molecule has 1 unspecified atom stereocenters. The highest BCUT2D eigenvalue weighted by Gasteiger charge is 2.30. The molecule has 1 aliphatic rings. The van der Waals surface area contributed by atoms with Crippen LogP contribution in [0.15, 0.2) is 42.5 Å². The van der Waals surface area contributed by atoms with Crippen molar-refractivity contribution in [1.82, 2.24) is 4.90 Å². The van der Waals surface area contributed by atoms with Gasteiger partial charge in [0, 0.05) is 6.54 Å². The second-order valence-electron chi connectivity index (χ2n) is 6.35. The normalized spacial score (nSPS) is 20.1. The van der Waals surface area contributed by atoms with Gasteiger partial charge in [-0.1, -0.05) is 48.7 Å². The first-order valence-corrected chi connectivity index (χ1v) is 7.81. The molecule has 0 radical (unpaired) electrons. The Kier molecular flexibility index (Phi) is 5.38. The summed E-state index contributed by atoms with van der Waals surface area (Å²) in [5.74, 6) is 0. The van der Waals surface area contributed by atoms with E-state index < -0.39 is 0 Å². The molecule has 1 aliphatic heterocycles. The van der Waals surface area contributed by atoms with Crippen LogP contribution in [0.1, 0.15) is 44.6 Å². The highest BCUT2D eigenvalue weighted by atomic mass is 15.1. The van der Waals surface area contributed by atoms with E-state index in [0.717, 1.165) is 18.5 Å². The fraction of sp³-hybridized carbons (Fsp3) is 0.556. The number of likely N-dealkylation sites (tertiary alicyclic amines) is 1. The Morgan fingerprint density at radius 3 is 2.30 bits per heavy atom. The minimum atomic E-state index is -0.308. The number of nitrogens with two attached hydrogens (primary N) is 1. The maximum Gasteiger partial charge on any atom is 0.0575 e. The topological polar surface area (TPSA) is 29.3 Å². The fourth-order valence-corrected chi connectivity index (χ4v) is 3.25. The average Bonchev–Trinajstić information content (AvgIpc) is 2.67. The molecule has 1 atom stereocenters. The standard InChI is InChI=1S/C18H28N2/c1-16(2)14-18(19,17-10-6-5-7-11-17)15-20-12-8-3-4-9-13-20/h5-7,10-11H,1,3-4,8-9,12-15,19H2,2H3. The Morgan fingerprint density at radius 2 is 1.75 bits per heavy atom. The van der Waals surface area contributed by atoms with E-state index in [-0.39, 0.29) is 5.54 Å². The molecule has 0 aliphatic carbocycles. The molecular formula is C18H28N2. The quantitative estimate of drug-likeness (QED) is 0.828. The van der Waals surface area contributed by atoms with Crippen molar-refractivity contribution in [1.29, 1.82) is 0 Å². The number of rotatable bonds is 5. The van der Waals surface area contributed by atoms with Crippen LogP contribution in [-0.2, 0) is 5.54 Å². The molecule has 0 amide bonds. The number of nitrogens with zero attached hydrogens (tertiary/aromatic N) is 1. The summed E-state index contributed by atoms with van der Waals surface area (Å²) in [6.07, 6.45) is 6.18. The van der Waals surface area contributed by atoms with E-state index >= 15 is 0 Å². The molecule has 1 fully saturated rings. The van der Waals surface area contributed by atoms with E-state index in [1.807, 2.05) is 0 Å². The van der Waals surface area contributed by atoms with E-state index in [2.05, 4.69) is 48.7 Å². The van der Waals surface area contributed by atoms with Crippen molar-refractivity contribution in [2.45, 2.75) is 44.6 Å². The minimum absolute atomic E-state index is 0.308. The molecular weight excluding hydrogens is 244 g/mol. The van der Waals surface area contributed by atoms with Gasteiger partial charge in [0.25, 0.3) is 0 Å². The van der Waals surface area contributed by atoms with Crippen LogP contribution in [-0.4, -0.2) is 24.5 Å². The van der Waals surface area contributed by atoms with Gasteiger partial charge >= 0.3 is 0 Å². The van der Waals surface area contributed by atoms with Crippen molar-refractivity contribution in [2.24, 2.45) is 5.73 Å². The Labute approximate surface area is 123 Å². The predicted octanol–water partition coefficient (Wildman–Crippen LogP) is 3.68. The summed E-state index contributed by atoms with van der Waals surface area (Å²) >= 11 is 0. The summed E-state index contributed by atoms with van der Waals surface area (Å²) in [7, 11) is 0. The van der Waals surface area contributed by atoms with Crippen LogP contribution in [0.2, 0.25) is 0 Å². The predicted molar refractivity (Wildman–Crippen MR) is 86.6 cm³/mol. The third kappa shape index (κ3) is 4.19. The molecule has 0 spiro atoms. The van der Waals surface area contributed by atoms with Gasteiger partial charge in [-0.2, -0.15) is 0 Å². The van der Waals surface area contributed by atoms with E-state index in [1.165, 1.54) is 44.3 Å². The van der Waals surface area contributed by atoms with Crippen LogP contribution < -0.4 is 5.73 Å². The Morgan fingerprint density at radius 1 is 1.15 bits per heavy atom. The lowest BCUT2D eigenvalue weighted by atomic mass is 9.84. The molecule has 1 aromatic rings. The zero-order valence-electron chi connectivity index (χ0n) is 12.8.